The molecule has 0 spiro atoms. The van der Waals surface area contributed by atoms with Gasteiger partial charge in [0.15, 0.2) is 11.4 Å². The quantitative estimate of drug-likeness (QED) is 0.0938. The first kappa shape index (κ1) is 49.5. The number of aromatic carboxylic acids is 1. The maximum Gasteiger partial charge on any atom is 0.358 e. The fraction of sp³-hybridized carbons (Fsp3) is 0.542. The Morgan fingerprint density at radius 2 is 1.52 bits per heavy atom. The molecule has 1 aromatic carbocycles. The molecule has 2 aliphatic carbocycles. The zero-order valence-electron chi connectivity index (χ0n) is 38.4. The molecule has 3 N–H and O–H groups in total. The Morgan fingerprint density at radius 1 is 0.894 bits per heavy atom. The number of benzene rings is 1. The first-order valence-electron chi connectivity index (χ1n) is 23.1. The van der Waals surface area contributed by atoms with Crippen LogP contribution in [0.2, 0.25) is 0 Å². The maximum atomic E-state index is 13.4. The van der Waals surface area contributed by atoms with E-state index in [2.05, 4.69) is 40.9 Å². The van der Waals surface area contributed by atoms with E-state index < -0.39 is 23.5 Å². The van der Waals surface area contributed by atoms with Crippen molar-refractivity contribution in [3.63, 3.8) is 0 Å². The minimum absolute atomic E-state index is 0.0503. The number of carboxylic acid groups (broad SMARTS) is 1. The van der Waals surface area contributed by atoms with E-state index in [-0.39, 0.29) is 71.6 Å². The van der Waals surface area contributed by atoms with Crippen LogP contribution < -0.4 is 15.4 Å². The summed E-state index contributed by atoms with van der Waals surface area (Å²) in [7, 11) is 1.26. The third kappa shape index (κ3) is 12.1. The van der Waals surface area contributed by atoms with Crippen LogP contribution in [0.25, 0.3) is 0 Å². The van der Waals surface area contributed by atoms with E-state index in [0.29, 0.717) is 32.5 Å². The van der Waals surface area contributed by atoms with Gasteiger partial charge >= 0.3 is 11.9 Å². The summed E-state index contributed by atoms with van der Waals surface area (Å²) in [6.07, 6.45) is 13.7. The summed E-state index contributed by atoms with van der Waals surface area (Å²) in [6.45, 7) is 13.2. The van der Waals surface area contributed by atoms with E-state index in [4.69, 9.17) is 9.47 Å². The van der Waals surface area contributed by atoms with Gasteiger partial charge in [-0.1, -0.05) is 77.2 Å². The first-order valence-corrected chi connectivity index (χ1v) is 24.0. The molecule has 2 fully saturated rings. The number of rotatable bonds is 18. The minimum atomic E-state index is -1.20. The Balaban J connectivity index is 0.000000220. The number of thioether (sulfide) groups is 1. The molecule has 2 unspecified atom stereocenters. The second kappa shape index (κ2) is 23.0. The molecule has 7 rings (SSSR count). The van der Waals surface area contributed by atoms with Crippen LogP contribution in [-0.4, -0.2) is 121 Å². The van der Waals surface area contributed by atoms with Gasteiger partial charge in [0.05, 0.1) is 26.8 Å². The average molecular weight is 929 g/mol. The smallest absolute Gasteiger partial charge is 0.358 e. The Labute approximate surface area is 390 Å². The molecule has 4 amide bonds. The highest BCUT2D eigenvalue weighted by Gasteiger charge is 2.48. The number of nitrogens with zero attached hydrogens (tertiary/aromatic N) is 6. The normalized spacial score (nSPS) is 19.7. The third-order valence-electron chi connectivity index (χ3n) is 12.8. The van der Waals surface area contributed by atoms with Crippen LogP contribution >= 0.6 is 11.8 Å². The molecule has 356 valence electrons. The largest absolute Gasteiger partial charge is 0.494 e. The van der Waals surface area contributed by atoms with Gasteiger partial charge < -0.3 is 35.0 Å². The highest BCUT2D eigenvalue weighted by molar-refractivity contribution is 8.05. The molecule has 66 heavy (non-hydrogen) atoms. The first-order chi connectivity index (χ1) is 31.8. The number of methoxy groups -OCH3 is 1. The molecule has 4 heterocycles. The van der Waals surface area contributed by atoms with Gasteiger partial charge in [-0.05, 0) is 79.9 Å². The molecule has 18 heteroatoms. The van der Waals surface area contributed by atoms with Crippen molar-refractivity contribution in [2.45, 2.75) is 140 Å². The molecule has 2 atom stereocenters. The molecular formula is C48H64N8O9S. The monoisotopic (exact) mass is 928 g/mol. The van der Waals surface area contributed by atoms with Crippen molar-refractivity contribution in [2.24, 2.45) is 0 Å². The van der Waals surface area contributed by atoms with Crippen LogP contribution in [-0.2, 0) is 33.8 Å². The van der Waals surface area contributed by atoms with Crippen molar-refractivity contribution < 1.29 is 43.3 Å². The van der Waals surface area contributed by atoms with Crippen molar-refractivity contribution in [3.05, 3.63) is 88.2 Å². The zero-order valence-corrected chi connectivity index (χ0v) is 39.2. The Bertz CT molecular complexity index is 2240. The summed E-state index contributed by atoms with van der Waals surface area (Å²) in [6, 6.07) is 9.99. The summed E-state index contributed by atoms with van der Waals surface area (Å²) >= 11 is 1.41. The molecular weight excluding hydrogens is 865 g/mol. The van der Waals surface area contributed by atoms with Gasteiger partial charge in [-0.25, -0.2) is 9.59 Å². The Hall–Kier alpha value is -5.91. The number of carbonyl (C=O) groups excluding carboxylic acids is 5. The number of ether oxygens (including phenoxy) is 2. The molecule has 0 bridgehead atoms. The minimum Gasteiger partial charge on any atom is -0.494 e. The maximum absolute atomic E-state index is 13.4. The lowest BCUT2D eigenvalue weighted by atomic mass is 9.91. The molecule has 3 aromatic rings. The van der Waals surface area contributed by atoms with Crippen molar-refractivity contribution in [2.75, 3.05) is 26.8 Å². The lowest BCUT2D eigenvalue weighted by Crippen LogP contribution is -2.65. The topological polar surface area (TPSA) is 207 Å². The number of carbonyl (C=O) groups is 6. The summed E-state index contributed by atoms with van der Waals surface area (Å²) < 4.78 is 13.3. The van der Waals surface area contributed by atoms with Crippen molar-refractivity contribution in [1.29, 1.82) is 0 Å². The van der Waals surface area contributed by atoms with E-state index >= 15 is 0 Å². The SMILES string of the molecule is C=CSC(=C)CCN1C(=O)c2cc(C(=O)OC)nn2CC1(C)C(=O)NC1CCCCC1.CCCCOc1ccc(CCN2C(=O)c3cc(C(=O)O)nn3CC2C(=O)NC2CCCCC2)cc1. The summed E-state index contributed by atoms with van der Waals surface area (Å²) in [5.74, 6) is -2.13. The van der Waals surface area contributed by atoms with Crippen LogP contribution in [0.4, 0.5) is 0 Å². The van der Waals surface area contributed by atoms with Crippen LogP contribution in [0.15, 0.2) is 59.9 Å². The number of carboxylic acids is 1. The third-order valence-corrected chi connectivity index (χ3v) is 13.5. The lowest BCUT2D eigenvalue weighted by Gasteiger charge is -2.44. The van der Waals surface area contributed by atoms with Crippen LogP contribution in [0, 0.1) is 0 Å². The van der Waals surface area contributed by atoms with E-state index in [1.807, 2.05) is 24.3 Å². The van der Waals surface area contributed by atoms with Gasteiger partial charge in [-0.3, -0.25) is 28.5 Å². The average Bonchev–Trinajstić information content (AvgIpc) is 3.95. The summed E-state index contributed by atoms with van der Waals surface area (Å²) in [5, 5.41) is 25.6. The number of amides is 4. The Morgan fingerprint density at radius 3 is 2.14 bits per heavy atom. The van der Waals surface area contributed by atoms with Crippen molar-refractivity contribution in [3.8, 4) is 5.75 Å². The number of unbranched alkanes of at least 4 members (excludes halogenated alkanes) is 1. The van der Waals surface area contributed by atoms with E-state index in [1.54, 1.807) is 22.1 Å². The fourth-order valence-corrected chi connectivity index (χ4v) is 9.39. The lowest BCUT2D eigenvalue weighted by molar-refractivity contribution is -0.134. The number of esters is 1. The fourth-order valence-electron chi connectivity index (χ4n) is 8.94. The highest BCUT2D eigenvalue weighted by atomic mass is 32.2. The predicted octanol–water partition coefficient (Wildman–Crippen LogP) is 6.39. The second-order valence-corrected chi connectivity index (χ2v) is 18.7. The molecule has 2 saturated carbocycles. The van der Waals surface area contributed by atoms with E-state index in [1.165, 1.54) is 53.2 Å². The zero-order chi connectivity index (χ0) is 47.4. The molecule has 0 radical (unpaired) electrons. The summed E-state index contributed by atoms with van der Waals surface area (Å²) in [5.41, 5.74) is 0.209. The second-order valence-electron chi connectivity index (χ2n) is 17.5. The molecule has 17 nitrogen and oxygen atoms in total. The van der Waals surface area contributed by atoms with Crippen LogP contribution in [0.5, 0.6) is 5.75 Å². The number of fused-ring (bicyclic) bond motifs is 2. The van der Waals surface area contributed by atoms with Gasteiger partial charge in [0.25, 0.3) is 11.8 Å². The predicted molar refractivity (Wildman–Crippen MR) is 249 cm³/mol. The van der Waals surface area contributed by atoms with Crippen LogP contribution in [0.3, 0.4) is 0 Å². The van der Waals surface area contributed by atoms with E-state index in [0.717, 1.165) is 80.4 Å². The highest BCUT2D eigenvalue weighted by Crippen LogP contribution is 2.31. The number of hydrogen-bond donors (Lipinski definition) is 3. The molecule has 4 aliphatic rings. The van der Waals surface area contributed by atoms with Gasteiger partial charge in [-0.2, -0.15) is 10.2 Å². The summed E-state index contributed by atoms with van der Waals surface area (Å²) in [4.78, 5) is 80.8. The molecule has 2 aliphatic heterocycles. The Kier molecular flexibility index (Phi) is 17.3. The number of aromatic nitrogens is 4. The molecule has 0 saturated heterocycles. The van der Waals surface area contributed by atoms with Gasteiger partial charge in [0.2, 0.25) is 11.8 Å². The molecule has 2 aromatic heterocycles. The van der Waals surface area contributed by atoms with Gasteiger partial charge in [-0.15, -0.1) is 11.8 Å². The van der Waals surface area contributed by atoms with Crippen molar-refractivity contribution in [1.82, 2.24) is 40.0 Å². The van der Waals surface area contributed by atoms with Gasteiger partial charge in [0, 0.05) is 37.3 Å². The van der Waals surface area contributed by atoms with Crippen molar-refractivity contribution >= 4 is 47.3 Å². The number of nitrogens with one attached hydrogen (secondary N) is 2. The number of hydrogen-bond acceptors (Lipinski definition) is 11. The van der Waals surface area contributed by atoms with E-state index in [9.17, 15) is 33.9 Å². The van der Waals surface area contributed by atoms with Gasteiger partial charge in [0.1, 0.15) is 28.7 Å². The standard InChI is InChI=1S/C26H34N4O5.C22H30N4O4S/c1-2-3-15-35-20-11-9-18(10-12-20)13-14-29-23(24(31)27-19-7-5-4-6-8-19)17-30-22(25(29)32)16-21(28-30)26(33)34;1-5-31-15(2)11-12-25-19(27)18-13-17(20(28)30-4)24-26(18)14-22(25,3)21(29)23-16-9-7-6-8-10-16/h9-12,16,19,23H,2-8,13-15,17H2,1H3,(H,27,31)(H,33,34);5,13,16H,1-2,6-12,14H2,3-4H3,(H,23,29). The van der Waals surface area contributed by atoms with Crippen LogP contribution in [0.1, 0.15) is 145 Å².